The SMILES string of the molecule is CSCCC(C)N(C)c1ncc(CN)cc1C. The van der Waals surface area contributed by atoms with E-state index in [2.05, 4.69) is 43.1 Å². The molecule has 4 heteroatoms. The highest BCUT2D eigenvalue weighted by Crippen LogP contribution is 2.20. The lowest BCUT2D eigenvalue weighted by atomic mass is 10.1. The molecular formula is C13H23N3S. The van der Waals surface area contributed by atoms with Crippen molar-refractivity contribution in [3.63, 3.8) is 0 Å². The molecule has 1 atom stereocenters. The van der Waals surface area contributed by atoms with Crippen LogP contribution < -0.4 is 10.6 Å². The molecule has 0 aromatic carbocycles. The highest BCUT2D eigenvalue weighted by Gasteiger charge is 2.13. The average Bonchev–Trinajstić information content (AvgIpc) is 2.34. The van der Waals surface area contributed by atoms with Crippen LogP contribution in [0.3, 0.4) is 0 Å². The normalized spacial score (nSPS) is 12.5. The summed E-state index contributed by atoms with van der Waals surface area (Å²) in [4.78, 5) is 6.77. The van der Waals surface area contributed by atoms with Crippen molar-refractivity contribution in [3.8, 4) is 0 Å². The predicted molar refractivity (Wildman–Crippen MR) is 77.7 cm³/mol. The van der Waals surface area contributed by atoms with Crippen LogP contribution in [0.25, 0.3) is 0 Å². The fourth-order valence-corrected chi connectivity index (χ4v) is 2.37. The Kier molecular flexibility index (Phi) is 5.78. The van der Waals surface area contributed by atoms with Gasteiger partial charge in [-0.3, -0.25) is 0 Å². The molecule has 0 amide bonds. The molecule has 1 aromatic heterocycles. The van der Waals surface area contributed by atoms with Crippen LogP contribution in [0.15, 0.2) is 12.3 Å². The molecule has 0 spiro atoms. The van der Waals surface area contributed by atoms with Gasteiger partial charge in [-0.15, -0.1) is 0 Å². The molecule has 0 fully saturated rings. The maximum absolute atomic E-state index is 5.61. The summed E-state index contributed by atoms with van der Waals surface area (Å²) in [6, 6.07) is 2.64. The summed E-state index contributed by atoms with van der Waals surface area (Å²) in [5, 5.41) is 0. The standard InChI is InChI=1S/C13H23N3S/c1-10-7-12(8-14)9-15-13(10)16(3)11(2)5-6-17-4/h7,9,11H,5-6,8,14H2,1-4H3. The van der Waals surface area contributed by atoms with Crippen LogP contribution >= 0.6 is 11.8 Å². The van der Waals surface area contributed by atoms with Crippen LogP contribution in [-0.4, -0.2) is 30.1 Å². The van der Waals surface area contributed by atoms with Crippen molar-refractivity contribution in [2.75, 3.05) is 24.0 Å². The van der Waals surface area contributed by atoms with Crippen LogP contribution in [0.4, 0.5) is 5.82 Å². The number of aryl methyl sites for hydroxylation is 1. The molecule has 3 nitrogen and oxygen atoms in total. The van der Waals surface area contributed by atoms with Crippen molar-refractivity contribution in [3.05, 3.63) is 23.4 Å². The Morgan fingerprint density at radius 2 is 2.24 bits per heavy atom. The van der Waals surface area contributed by atoms with E-state index in [1.807, 2.05) is 18.0 Å². The quantitative estimate of drug-likeness (QED) is 0.845. The molecule has 0 radical (unpaired) electrons. The van der Waals surface area contributed by atoms with Crippen LogP contribution in [-0.2, 0) is 6.54 Å². The third kappa shape index (κ3) is 3.89. The Morgan fingerprint density at radius 3 is 2.76 bits per heavy atom. The zero-order valence-corrected chi connectivity index (χ0v) is 12.0. The second-order valence-electron chi connectivity index (χ2n) is 4.43. The van der Waals surface area contributed by atoms with Gasteiger partial charge in [0.1, 0.15) is 5.82 Å². The van der Waals surface area contributed by atoms with Crippen molar-refractivity contribution >= 4 is 17.6 Å². The molecule has 0 saturated heterocycles. The molecule has 96 valence electrons. The van der Waals surface area contributed by atoms with Crippen molar-refractivity contribution in [2.24, 2.45) is 5.73 Å². The molecular weight excluding hydrogens is 230 g/mol. The van der Waals surface area contributed by atoms with E-state index in [1.54, 1.807) is 0 Å². The van der Waals surface area contributed by atoms with Gasteiger partial charge in [-0.25, -0.2) is 4.98 Å². The molecule has 1 rings (SSSR count). The van der Waals surface area contributed by atoms with Gasteiger partial charge in [-0.2, -0.15) is 11.8 Å². The number of rotatable bonds is 6. The minimum Gasteiger partial charge on any atom is -0.357 e. The molecule has 0 aliphatic heterocycles. The summed E-state index contributed by atoms with van der Waals surface area (Å²) in [6.45, 7) is 4.90. The molecule has 0 aliphatic carbocycles. The number of nitrogens with zero attached hydrogens (tertiary/aromatic N) is 2. The first-order chi connectivity index (χ1) is 8.10. The second-order valence-corrected chi connectivity index (χ2v) is 5.42. The van der Waals surface area contributed by atoms with Gasteiger partial charge in [0.05, 0.1) is 0 Å². The zero-order chi connectivity index (χ0) is 12.8. The molecule has 0 bridgehead atoms. The Bertz CT molecular complexity index is 355. The summed E-state index contributed by atoms with van der Waals surface area (Å²) >= 11 is 1.89. The minimum atomic E-state index is 0.511. The lowest BCUT2D eigenvalue weighted by molar-refractivity contribution is 0.660. The Balaban J connectivity index is 2.77. The van der Waals surface area contributed by atoms with E-state index in [0.717, 1.165) is 11.4 Å². The molecule has 17 heavy (non-hydrogen) atoms. The van der Waals surface area contributed by atoms with Crippen LogP contribution in [0, 0.1) is 6.92 Å². The van der Waals surface area contributed by atoms with Gasteiger partial charge in [0.15, 0.2) is 0 Å². The smallest absolute Gasteiger partial charge is 0.131 e. The number of pyridine rings is 1. The van der Waals surface area contributed by atoms with Crippen molar-refractivity contribution in [1.29, 1.82) is 0 Å². The number of hydrogen-bond donors (Lipinski definition) is 1. The van der Waals surface area contributed by atoms with Crippen molar-refractivity contribution < 1.29 is 0 Å². The molecule has 0 aliphatic rings. The molecule has 2 N–H and O–H groups in total. The number of aromatic nitrogens is 1. The van der Waals surface area contributed by atoms with Crippen LogP contribution in [0.2, 0.25) is 0 Å². The number of anilines is 1. The van der Waals surface area contributed by atoms with E-state index in [9.17, 15) is 0 Å². The van der Waals surface area contributed by atoms with Gasteiger partial charge in [0.25, 0.3) is 0 Å². The van der Waals surface area contributed by atoms with Gasteiger partial charge in [0.2, 0.25) is 0 Å². The lowest BCUT2D eigenvalue weighted by Gasteiger charge is -2.27. The van der Waals surface area contributed by atoms with Gasteiger partial charge in [-0.1, -0.05) is 0 Å². The van der Waals surface area contributed by atoms with E-state index in [1.165, 1.54) is 17.7 Å². The fraction of sp³-hybridized carbons (Fsp3) is 0.615. The van der Waals surface area contributed by atoms with E-state index in [-0.39, 0.29) is 0 Å². The Morgan fingerprint density at radius 1 is 1.53 bits per heavy atom. The van der Waals surface area contributed by atoms with Gasteiger partial charge >= 0.3 is 0 Å². The maximum atomic E-state index is 5.61. The molecule has 1 unspecified atom stereocenters. The summed E-state index contributed by atoms with van der Waals surface area (Å²) in [5.41, 5.74) is 7.91. The average molecular weight is 253 g/mol. The summed E-state index contributed by atoms with van der Waals surface area (Å²) in [7, 11) is 2.11. The Hall–Kier alpha value is -0.740. The highest BCUT2D eigenvalue weighted by molar-refractivity contribution is 7.98. The van der Waals surface area contributed by atoms with Crippen LogP contribution in [0.1, 0.15) is 24.5 Å². The second kappa shape index (κ2) is 6.87. The minimum absolute atomic E-state index is 0.511. The summed E-state index contributed by atoms with van der Waals surface area (Å²) < 4.78 is 0. The largest absolute Gasteiger partial charge is 0.357 e. The monoisotopic (exact) mass is 253 g/mol. The van der Waals surface area contributed by atoms with E-state index < -0.39 is 0 Å². The van der Waals surface area contributed by atoms with E-state index >= 15 is 0 Å². The first-order valence-corrected chi connectivity index (χ1v) is 7.37. The molecule has 0 saturated carbocycles. The predicted octanol–water partition coefficient (Wildman–Crippen LogP) is 2.43. The highest BCUT2D eigenvalue weighted by atomic mass is 32.2. The maximum Gasteiger partial charge on any atom is 0.131 e. The van der Waals surface area contributed by atoms with Gasteiger partial charge < -0.3 is 10.6 Å². The first-order valence-electron chi connectivity index (χ1n) is 5.97. The van der Waals surface area contributed by atoms with E-state index in [0.29, 0.717) is 12.6 Å². The summed E-state index contributed by atoms with van der Waals surface area (Å²) in [6.07, 6.45) is 5.20. The summed E-state index contributed by atoms with van der Waals surface area (Å²) in [5.74, 6) is 2.25. The fourth-order valence-electron chi connectivity index (χ4n) is 1.80. The Labute approximate surface area is 109 Å². The topological polar surface area (TPSA) is 42.2 Å². The van der Waals surface area contributed by atoms with Gasteiger partial charge in [-0.05, 0) is 49.5 Å². The number of nitrogens with two attached hydrogens (primary N) is 1. The van der Waals surface area contributed by atoms with Crippen molar-refractivity contribution in [2.45, 2.75) is 32.9 Å². The van der Waals surface area contributed by atoms with Crippen molar-refractivity contribution in [1.82, 2.24) is 4.98 Å². The first kappa shape index (κ1) is 14.3. The zero-order valence-electron chi connectivity index (χ0n) is 11.2. The van der Waals surface area contributed by atoms with Gasteiger partial charge in [0, 0.05) is 25.8 Å². The number of hydrogen-bond acceptors (Lipinski definition) is 4. The van der Waals surface area contributed by atoms with E-state index in [4.69, 9.17) is 5.73 Å². The molecule has 1 heterocycles. The third-order valence-electron chi connectivity index (χ3n) is 3.08. The molecule has 1 aromatic rings. The lowest BCUT2D eigenvalue weighted by Crippen LogP contribution is -2.30. The van der Waals surface area contributed by atoms with Crippen LogP contribution in [0.5, 0.6) is 0 Å². The number of thioether (sulfide) groups is 1. The third-order valence-corrected chi connectivity index (χ3v) is 3.72.